The van der Waals surface area contributed by atoms with E-state index in [1.165, 1.54) is 0 Å². The van der Waals surface area contributed by atoms with E-state index in [9.17, 15) is 5.11 Å². The first-order valence-electron chi connectivity index (χ1n) is 9.90. The van der Waals surface area contributed by atoms with E-state index >= 15 is 0 Å². The zero-order chi connectivity index (χ0) is 20.3. The van der Waals surface area contributed by atoms with E-state index in [-0.39, 0.29) is 5.76 Å². The van der Waals surface area contributed by atoms with Crippen molar-refractivity contribution in [1.82, 2.24) is 10.9 Å². The molecular weight excluding hydrogens is 380 g/mol. The van der Waals surface area contributed by atoms with Crippen LogP contribution in [-0.4, -0.2) is 18.3 Å². The largest absolute Gasteiger partial charge is 0.508 e. The molecule has 0 aromatic heterocycles. The highest BCUT2D eigenvalue weighted by atomic mass is 16.6. The Kier molecular flexibility index (Phi) is 4.91. The smallest absolute Gasteiger partial charge is 0.161 e. The van der Waals surface area contributed by atoms with Crippen LogP contribution in [0.5, 0.6) is 17.2 Å². The molecule has 2 aliphatic rings. The normalized spacial score (nSPS) is 17.5. The van der Waals surface area contributed by atoms with E-state index in [1.807, 2.05) is 72.8 Å². The number of hydrazine groups is 1. The first kappa shape index (κ1) is 18.4. The van der Waals surface area contributed by atoms with E-state index in [4.69, 9.17) is 14.2 Å². The average Bonchev–Trinajstić information content (AvgIpc) is 3.19. The Morgan fingerprint density at radius 1 is 0.900 bits per heavy atom. The summed E-state index contributed by atoms with van der Waals surface area (Å²) in [7, 11) is 0. The van der Waals surface area contributed by atoms with Crippen molar-refractivity contribution in [3.8, 4) is 17.2 Å². The number of aliphatic hydroxyl groups is 1. The lowest BCUT2D eigenvalue weighted by molar-refractivity contribution is 0.171. The SMILES string of the molecule is OC1=C(c2ccccc2OCc2ccccc2)NNC1c1ccc2c(c1)OCCO2. The van der Waals surface area contributed by atoms with E-state index in [0.717, 1.165) is 22.4 Å². The zero-order valence-corrected chi connectivity index (χ0v) is 16.3. The van der Waals surface area contributed by atoms with Crippen LogP contribution in [0, 0.1) is 0 Å². The maximum absolute atomic E-state index is 11.0. The Labute approximate surface area is 174 Å². The van der Waals surface area contributed by atoms with Crippen molar-refractivity contribution < 1.29 is 19.3 Å². The average molecular weight is 402 g/mol. The van der Waals surface area contributed by atoms with Crippen molar-refractivity contribution in [1.29, 1.82) is 0 Å². The van der Waals surface area contributed by atoms with E-state index in [0.29, 0.717) is 37.0 Å². The van der Waals surface area contributed by atoms with Gasteiger partial charge in [0.05, 0.1) is 5.70 Å². The number of ether oxygens (including phenoxy) is 3. The lowest BCUT2D eigenvalue weighted by atomic mass is 10.0. The van der Waals surface area contributed by atoms with Gasteiger partial charge in [-0.15, -0.1) is 0 Å². The molecular formula is C24H22N2O4. The molecule has 0 amide bonds. The van der Waals surface area contributed by atoms with Crippen molar-refractivity contribution in [2.45, 2.75) is 12.6 Å². The van der Waals surface area contributed by atoms with Gasteiger partial charge in [-0.1, -0.05) is 48.5 Å². The van der Waals surface area contributed by atoms with Gasteiger partial charge in [-0.3, -0.25) is 0 Å². The molecule has 30 heavy (non-hydrogen) atoms. The van der Waals surface area contributed by atoms with Crippen LogP contribution < -0.4 is 25.1 Å². The van der Waals surface area contributed by atoms with Crippen LogP contribution in [0.4, 0.5) is 0 Å². The zero-order valence-electron chi connectivity index (χ0n) is 16.3. The number of hydrogen-bond donors (Lipinski definition) is 3. The van der Waals surface area contributed by atoms with Gasteiger partial charge < -0.3 is 24.7 Å². The van der Waals surface area contributed by atoms with Gasteiger partial charge in [-0.25, -0.2) is 5.43 Å². The first-order valence-corrected chi connectivity index (χ1v) is 9.90. The van der Waals surface area contributed by atoms with Crippen molar-refractivity contribution in [3.63, 3.8) is 0 Å². The van der Waals surface area contributed by atoms with E-state index in [2.05, 4.69) is 10.9 Å². The number of nitrogens with one attached hydrogen (secondary N) is 2. The van der Waals surface area contributed by atoms with Gasteiger partial charge in [0.2, 0.25) is 0 Å². The molecule has 0 saturated carbocycles. The summed E-state index contributed by atoms with van der Waals surface area (Å²) in [5.41, 5.74) is 9.61. The molecule has 6 nitrogen and oxygen atoms in total. The summed E-state index contributed by atoms with van der Waals surface area (Å²) in [6, 6.07) is 22.9. The quantitative estimate of drug-likeness (QED) is 0.597. The lowest BCUT2D eigenvalue weighted by Gasteiger charge is -2.20. The molecule has 1 atom stereocenters. The van der Waals surface area contributed by atoms with Crippen LogP contribution in [0.2, 0.25) is 0 Å². The van der Waals surface area contributed by atoms with Gasteiger partial charge in [0.25, 0.3) is 0 Å². The Bertz CT molecular complexity index is 1080. The summed E-state index contributed by atoms with van der Waals surface area (Å²) in [5, 5.41) is 11.0. The van der Waals surface area contributed by atoms with Gasteiger partial charge in [0.1, 0.15) is 37.4 Å². The van der Waals surface area contributed by atoms with Gasteiger partial charge >= 0.3 is 0 Å². The maximum Gasteiger partial charge on any atom is 0.161 e. The van der Waals surface area contributed by atoms with Gasteiger partial charge in [0, 0.05) is 5.56 Å². The highest BCUT2D eigenvalue weighted by molar-refractivity contribution is 5.73. The molecule has 0 aliphatic carbocycles. The molecule has 6 heteroatoms. The Hall–Kier alpha value is -3.64. The highest BCUT2D eigenvalue weighted by Gasteiger charge is 2.29. The second-order valence-corrected chi connectivity index (χ2v) is 7.14. The Morgan fingerprint density at radius 3 is 2.53 bits per heavy atom. The molecule has 152 valence electrons. The number of aliphatic hydroxyl groups excluding tert-OH is 1. The fourth-order valence-corrected chi connectivity index (χ4v) is 3.64. The molecule has 3 N–H and O–H groups in total. The maximum atomic E-state index is 11.0. The predicted octanol–water partition coefficient (Wildman–Crippen LogP) is 4.11. The molecule has 0 bridgehead atoms. The standard InChI is InChI=1S/C24H22N2O4/c27-24-22(17-10-11-20-21(14-17)29-13-12-28-20)25-26-23(24)18-8-4-5-9-19(18)30-15-16-6-2-1-3-7-16/h1-11,14,22,25-27H,12-13,15H2. The van der Waals surface area contributed by atoms with Crippen LogP contribution >= 0.6 is 0 Å². The van der Waals surface area contributed by atoms with Crippen LogP contribution in [0.3, 0.4) is 0 Å². The number of benzene rings is 3. The fourth-order valence-electron chi connectivity index (χ4n) is 3.64. The topological polar surface area (TPSA) is 72.0 Å². The molecule has 5 rings (SSSR count). The minimum atomic E-state index is -0.405. The molecule has 3 aromatic rings. The number of para-hydroxylation sites is 1. The van der Waals surface area contributed by atoms with Crippen molar-refractivity contribution >= 4 is 5.70 Å². The second kappa shape index (κ2) is 8.00. The molecule has 0 radical (unpaired) electrons. The Balaban J connectivity index is 1.41. The molecule has 0 fully saturated rings. The molecule has 2 aliphatic heterocycles. The lowest BCUT2D eigenvalue weighted by Crippen LogP contribution is -2.27. The van der Waals surface area contributed by atoms with Gasteiger partial charge in [-0.05, 0) is 35.4 Å². The third kappa shape index (κ3) is 3.53. The van der Waals surface area contributed by atoms with Gasteiger partial charge in [-0.2, -0.15) is 0 Å². The van der Waals surface area contributed by atoms with E-state index < -0.39 is 6.04 Å². The molecule has 3 aromatic carbocycles. The summed E-state index contributed by atoms with van der Waals surface area (Å²) >= 11 is 0. The second-order valence-electron chi connectivity index (χ2n) is 7.14. The Morgan fingerprint density at radius 2 is 1.67 bits per heavy atom. The first-order chi connectivity index (χ1) is 14.8. The molecule has 1 unspecified atom stereocenters. The molecule has 0 saturated heterocycles. The number of rotatable bonds is 5. The van der Waals surface area contributed by atoms with Crippen molar-refractivity contribution in [2.75, 3.05) is 13.2 Å². The summed E-state index contributed by atoms with van der Waals surface area (Å²) in [6.45, 7) is 1.52. The third-order valence-corrected chi connectivity index (χ3v) is 5.16. The number of fused-ring (bicyclic) bond motifs is 1. The van der Waals surface area contributed by atoms with Gasteiger partial charge in [0.15, 0.2) is 11.5 Å². The highest BCUT2D eigenvalue weighted by Crippen LogP contribution is 2.38. The minimum Gasteiger partial charge on any atom is -0.508 e. The third-order valence-electron chi connectivity index (χ3n) is 5.16. The van der Waals surface area contributed by atoms with Crippen LogP contribution in [-0.2, 0) is 6.61 Å². The summed E-state index contributed by atoms with van der Waals surface area (Å²) in [5.74, 6) is 2.30. The van der Waals surface area contributed by atoms with Crippen LogP contribution in [0.1, 0.15) is 22.7 Å². The summed E-state index contributed by atoms with van der Waals surface area (Å²) in [4.78, 5) is 0. The fraction of sp³-hybridized carbons (Fsp3) is 0.167. The van der Waals surface area contributed by atoms with E-state index in [1.54, 1.807) is 0 Å². The van der Waals surface area contributed by atoms with Crippen LogP contribution in [0.15, 0.2) is 78.6 Å². The summed E-state index contributed by atoms with van der Waals surface area (Å²) < 4.78 is 17.3. The number of hydrogen-bond acceptors (Lipinski definition) is 6. The molecule has 0 spiro atoms. The van der Waals surface area contributed by atoms with Crippen LogP contribution in [0.25, 0.3) is 5.70 Å². The monoisotopic (exact) mass is 402 g/mol. The predicted molar refractivity (Wildman–Crippen MR) is 113 cm³/mol. The van der Waals surface area contributed by atoms with Crippen molar-refractivity contribution in [2.24, 2.45) is 0 Å². The van der Waals surface area contributed by atoms with Crippen molar-refractivity contribution in [3.05, 3.63) is 95.2 Å². The molecule has 2 heterocycles. The summed E-state index contributed by atoms with van der Waals surface area (Å²) in [6.07, 6.45) is 0. The minimum absolute atomic E-state index is 0.197.